The number of piperidine rings is 1. The summed E-state index contributed by atoms with van der Waals surface area (Å²) in [5.41, 5.74) is 0.373. The van der Waals surface area contributed by atoms with Gasteiger partial charge in [0.2, 0.25) is 0 Å². The third-order valence-electron chi connectivity index (χ3n) is 4.24. The molecule has 5 nitrogen and oxygen atoms in total. The molecule has 3 atom stereocenters. The highest BCUT2D eigenvalue weighted by Crippen LogP contribution is 2.50. The zero-order valence-corrected chi connectivity index (χ0v) is 13.8. The molecule has 0 radical (unpaired) electrons. The molecule has 1 aromatic carbocycles. The number of rotatable bonds is 3. The largest absolute Gasteiger partial charge is 0.459 e. The van der Waals surface area contributed by atoms with Gasteiger partial charge >= 0.3 is 12.1 Å². The van der Waals surface area contributed by atoms with Gasteiger partial charge in [-0.3, -0.25) is 4.90 Å². The maximum atomic E-state index is 12.5. The van der Waals surface area contributed by atoms with Crippen molar-refractivity contribution in [2.24, 2.45) is 11.8 Å². The monoisotopic (exact) mass is 317 g/mol. The number of nitrogens with zero attached hydrogens (tertiary/aromatic N) is 1. The predicted molar refractivity (Wildman–Crippen MR) is 84.6 cm³/mol. The smallest absolute Gasteiger partial charge is 0.411 e. The van der Waals surface area contributed by atoms with Gasteiger partial charge in [0.15, 0.2) is 0 Å². The van der Waals surface area contributed by atoms with E-state index >= 15 is 0 Å². The van der Waals surface area contributed by atoms with Crippen molar-refractivity contribution in [1.82, 2.24) is 4.90 Å². The summed E-state index contributed by atoms with van der Waals surface area (Å²) in [7, 11) is 0. The van der Waals surface area contributed by atoms with E-state index in [0.717, 1.165) is 12.0 Å². The van der Waals surface area contributed by atoms with Gasteiger partial charge in [-0.15, -0.1) is 0 Å². The van der Waals surface area contributed by atoms with Crippen molar-refractivity contribution in [3.8, 4) is 0 Å². The number of ether oxygens (including phenoxy) is 2. The standard InChI is InChI=1S/C18H23NO4/c1-18(2,3)23-17(21)19-10-13-9-14(13)15(19)16(20)22-11-12-7-5-4-6-8-12/h4-8,13-15H,9-11H2,1-3H3/t13-,14?,15?/m0/s1. The Morgan fingerprint density at radius 2 is 1.91 bits per heavy atom. The minimum Gasteiger partial charge on any atom is -0.459 e. The number of carbonyl (C=O) groups is 2. The van der Waals surface area contributed by atoms with Crippen LogP contribution in [0, 0.1) is 11.8 Å². The number of esters is 1. The number of carbonyl (C=O) groups excluding carboxylic acids is 2. The minimum absolute atomic E-state index is 0.228. The van der Waals surface area contributed by atoms with Crippen LogP contribution in [-0.4, -0.2) is 35.2 Å². The fourth-order valence-electron chi connectivity index (χ4n) is 3.09. The van der Waals surface area contributed by atoms with Crippen molar-refractivity contribution >= 4 is 12.1 Å². The normalized spacial score (nSPS) is 25.7. The molecule has 1 saturated heterocycles. The van der Waals surface area contributed by atoms with Gasteiger partial charge in [0, 0.05) is 6.54 Å². The van der Waals surface area contributed by atoms with Crippen LogP contribution in [0.3, 0.4) is 0 Å². The zero-order valence-electron chi connectivity index (χ0n) is 13.8. The third-order valence-corrected chi connectivity index (χ3v) is 4.24. The van der Waals surface area contributed by atoms with E-state index < -0.39 is 17.7 Å². The quantitative estimate of drug-likeness (QED) is 0.804. The summed E-state index contributed by atoms with van der Waals surface area (Å²) >= 11 is 0. The lowest BCUT2D eigenvalue weighted by Crippen LogP contribution is -2.46. The van der Waals surface area contributed by atoms with Gasteiger partial charge in [0.25, 0.3) is 0 Å². The lowest BCUT2D eigenvalue weighted by molar-refractivity contribution is -0.151. The first-order chi connectivity index (χ1) is 10.8. The van der Waals surface area contributed by atoms with E-state index in [1.165, 1.54) is 4.90 Å². The van der Waals surface area contributed by atoms with Crippen molar-refractivity contribution in [3.63, 3.8) is 0 Å². The zero-order chi connectivity index (χ0) is 16.6. The number of hydrogen-bond donors (Lipinski definition) is 0. The van der Waals surface area contributed by atoms with Gasteiger partial charge in [-0.2, -0.15) is 0 Å². The summed E-state index contributed by atoms with van der Waals surface area (Å²) in [5.74, 6) is 0.312. The molecule has 0 N–H and O–H groups in total. The Morgan fingerprint density at radius 1 is 1.22 bits per heavy atom. The van der Waals surface area contributed by atoms with Gasteiger partial charge in [0.05, 0.1) is 0 Å². The highest BCUT2D eigenvalue weighted by Gasteiger charge is 2.58. The second-order valence-corrected chi connectivity index (χ2v) is 7.33. The summed E-state index contributed by atoms with van der Waals surface area (Å²) in [6.07, 6.45) is 0.566. The molecule has 5 heteroatoms. The van der Waals surface area contributed by atoms with Crippen LogP contribution in [0.1, 0.15) is 32.8 Å². The van der Waals surface area contributed by atoms with Crippen molar-refractivity contribution in [3.05, 3.63) is 35.9 Å². The average Bonchev–Trinajstić information content (AvgIpc) is 3.14. The Hall–Kier alpha value is -2.04. The van der Waals surface area contributed by atoms with Gasteiger partial charge < -0.3 is 9.47 Å². The molecule has 2 aliphatic rings. The van der Waals surface area contributed by atoms with Crippen molar-refractivity contribution in [1.29, 1.82) is 0 Å². The lowest BCUT2D eigenvalue weighted by Gasteiger charge is -2.29. The first-order valence-corrected chi connectivity index (χ1v) is 8.05. The molecule has 3 rings (SSSR count). The maximum Gasteiger partial charge on any atom is 0.411 e. The molecular weight excluding hydrogens is 294 g/mol. The van der Waals surface area contributed by atoms with Gasteiger partial charge in [-0.1, -0.05) is 30.3 Å². The summed E-state index contributed by atoms with van der Waals surface area (Å²) in [4.78, 5) is 26.3. The molecule has 1 aromatic rings. The van der Waals surface area contributed by atoms with Crippen molar-refractivity contribution in [2.75, 3.05) is 6.54 Å². The number of hydrogen-bond acceptors (Lipinski definition) is 4. The van der Waals surface area contributed by atoms with Crippen molar-refractivity contribution < 1.29 is 19.1 Å². The molecule has 0 aromatic heterocycles. The van der Waals surface area contributed by atoms with Crippen LogP contribution >= 0.6 is 0 Å². The van der Waals surface area contributed by atoms with Gasteiger partial charge in [-0.05, 0) is 44.6 Å². The average molecular weight is 317 g/mol. The van der Waals surface area contributed by atoms with E-state index in [9.17, 15) is 9.59 Å². The molecule has 124 valence electrons. The fourth-order valence-corrected chi connectivity index (χ4v) is 3.09. The first-order valence-electron chi connectivity index (χ1n) is 8.05. The van der Waals surface area contributed by atoms with Crippen LogP contribution in [0.2, 0.25) is 0 Å². The van der Waals surface area contributed by atoms with E-state index in [2.05, 4.69) is 0 Å². The summed E-state index contributed by atoms with van der Waals surface area (Å²) in [5, 5.41) is 0. The van der Waals surface area contributed by atoms with Crippen molar-refractivity contribution in [2.45, 2.75) is 45.4 Å². The van der Waals surface area contributed by atoms with E-state index in [0.29, 0.717) is 12.5 Å². The van der Waals surface area contributed by atoms with Crippen LogP contribution in [0.15, 0.2) is 30.3 Å². The van der Waals surface area contributed by atoms with Crippen LogP contribution in [0.4, 0.5) is 4.79 Å². The predicted octanol–water partition coefficient (Wildman–Crippen LogP) is 2.99. The summed E-state index contributed by atoms with van der Waals surface area (Å²) in [6.45, 7) is 6.29. The highest BCUT2D eigenvalue weighted by molar-refractivity contribution is 5.83. The molecule has 1 heterocycles. The SMILES string of the molecule is CC(C)(C)OC(=O)N1C[C@@H]2CC2C1C(=O)OCc1ccccc1. The Bertz CT molecular complexity index is 593. The number of fused-ring (bicyclic) bond motifs is 1. The molecule has 1 aliphatic carbocycles. The second kappa shape index (κ2) is 5.87. The maximum absolute atomic E-state index is 12.5. The van der Waals surface area contributed by atoms with E-state index in [4.69, 9.17) is 9.47 Å². The molecule has 0 bridgehead atoms. The molecule has 0 spiro atoms. The minimum atomic E-state index is -0.567. The molecule has 23 heavy (non-hydrogen) atoms. The first kappa shape index (κ1) is 15.8. The number of amides is 1. The van der Waals surface area contributed by atoms with Crippen LogP contribution < -0.4 is 0 Å². The lowest BCUT2D eigenvalue weighted by atomic mass is 10.2. The Kier molecular flexibility index (Phi) is 4.04. The third kappa shape index (κ3) is 3.66. The van der Waals surface area contributed by atoms with Gasteiger partial charge in [-0.25, -0.2) is 9.59 Å². The molecule has 2 fully saturated rings. The Labute approximate surface area is 136 Å². The number of benzene rings is 1. The molecular formula is C18H23NO4. The molecule has 1 aliphatic heterocycles. The van der Waals surface area contributed by atoms with E-state index in [1.54, 1.807) is 0 Å². The highest BCUT2D eigenvalue weighted by atomic mass is 16.6. The van der Waals surface area contributed by atoms with E-state index in [-0.39, 0.29) is 18.5 Å². The Morgan fingerprint density at radius 3 is 2.57 bits per heavy atom. The molecule has 1 amide bonds. The second-order valence-electron chi connectivity index (χ2n) is 7.33. The van der Waals surface area contributed by atoms with Crippen LogP contribution in [0.5, 0.6) is 0 Å². The van der Waals surface area contributed by atoms with E-state index in [1.807, 2.05) is 51.1 Å². The summed E-state index contributed by atoms with van der Waals surface area (Å²) in [6, 6.07) is 9.05. The van der Waals surface area contributed by atoms with Crippen LogP contribution in [0.25, 0.3) is 0 Å². The Balaban J connectivity index is 1.62. The fraction of sp³-hybridized carbons (Fsp3) is 0.556. The molecule has 2 unspecified atom stereocenters. The van der Waals surface area contributed by atoms with Gasteiger partial charge in [0.1, 0.15) is 18.2 Å². The number of likely N-dealkylation sites (tertiary alicyclic amines) is 1. The molecule has 1 saturated carbocycles. The topological polar surface area (TPSA) is 55.8 Å². The summed E-state index contributed by atoms with van der Waals surface area (Å²) < 4.78 is 10.8. The van der Waals surface area contributed by atoms with Crippen LogP contribution in [-0.2, 0) is 20.9 Å².